The fourth-order valence-corrected chi connectivity index (χ4v) is 6.78. The van der Waals surface area contributed by atoms with E-state index in [0.717, 1.165) is 57.8 Å². The number of aryl methyl sites for hydroxylation is 1. The van der Waals surface area contributed by atoms with E-state index in [0.29, 0.717) is 25.2 Å². The van der Waals surface area contributed by atoms with E-state index in [1.807, 2.05) is 44.2 Å². The third-order valence-electron chi connectivity index (χ3n) is 8.43. The largest absolute Gasteiger partial charge is 0.426 e. The van der Waals surface area contributed by atoms with Crippen molar-refractivity contribution in [2.75, 3.05) is 18.4 Å². The van der Waals surface area contributed by atoms with E-state index in [4.69, 9.17) is 9.47 Å². The van der Waals surface area contributed by atoms with Crippen LogP contribution in [-0.4, -0.2) is 54.2 Å². The van der Waals surface area contributed by atoms with Crippen LogP contribution in [0.4, 0.5) is 10.5 Å². The molecule has 2 heterocycles. The van der Waals surface area contributed by atoms with Gasteiger partial charge < -0.3 is 30.3 Å². The number of nitrogens with one attached hydrogen (secondary N) is 3. The summed E-state index contributed by atoms with van der Waals surface area (Å²) in [5, 5.41) is 9.62. The highest BCUT2D eigenvalue weighted by atomic mass is 32.1. The zero-order chi connectivity index (χ0) is 32.8. The smallest absolute Gasteiger partial charge is 0.412 e. The van der Waals surface area contributed by atoms with E-state index in [2.05, 4.69) is 40.2 Å². The van der Waals surface area contributed by atoms with Crippen molar-refractivity contribution in [1.82, 2.24) is 15.5 Å². The Hall–Kier alpha value is -4.38. The third-order valence-corrected chi connectivity index (χ3v) is 9.57. The van der Waals surface area contributed by atoms with Gasteiger partial charge in [0.1, 0.15) is 0 Å². The van der Waals surface area contributed by atoms with Gasteiger partial charge in [0.15, 0.2) is 0 Å². The lowest BCUT2D eigenvalue weighted by Gasteiger charge is -2.39. The normalized spacial score (nSPS) is 16.2. The summed E-state index contributed by atoms with van der Waals surface area (Å²) in [7, 11) is 0. The molecule has 1 aliphatic carbocycles. The molecule has 11 heteroatoms. The van der Waals surface area contributed by atoms with Crippen molar-refractivity contribution in [1.29, 1.82) is 0 Å². The average Bonchev–Trinajstić information content (AvgIpc) is 3.71. The molecule has 2 atom stereocenters. The second-order valence-corrected chi connectivity index (χ2v) is 13.3. The van der Waals surface area contributed by atoms with Gasteiger partial charge in [-0.3, -0.25) is 14.4 Å². The molecule has 3 N–H and O–H groups in total. The van der Waals surface area contributed by atoms with Crippen LogP contribution in [0.2, 0.25) is 0 Å². The van der Waals surface area contributed by atoms with Crippen molar-refractivity contribution in [2.45, 2.75) is 78.3 Å². The Balaban J connectivity index is 1.14. The first-order valence-electron chi connectivity index (χ1n) is 15.8. The van der Waals surface area contributed by atoms with Crippen LogP contribution in [0.1, 0.15) is 78.9 Å². The first-order valence-corrected chi connectivity index (χ1v) is 16.6. The van der Waals surface area contributed by atoms with Gasteiger partial charge in [-0.1, -0.05) is 37.1 Å². The number of hydrogen-bond acceptors (Lipinski definition) is 8. The minimum Gasteiger partial charge on any atom is -0.426 e. The molecular weight excluding hydrogens is 604 g/mol. The van der Waals surface area contributed by atoms with E-state index in [9.17, 15) is 19.2 Å². The van der Waals surface area contributed by atoms with Crippen LogP contribution in [0.3, 0.4) is 0 Å². The molecule has 2 aromatic carbocycles. The Morgan fingerprint density at radius 2 is 1.74 bits per heavy atom. The minimum absolute atomic E-state index is 0.00167. The monoisotopic (exact) mass is 646 g/mol. The van der Waals surface area contributed by atoms with Crippen molar-refractivity contribution >= 4 is 40.9 Å². The van der Waals surface area contributed by atoms with E-state index in [-0.39, 0.29) is 29.8 Å². The molecule has 0 bridgehead atoms. The molecule has 1 aromatic heterocycles. The van der Waals surface area contributed by atoms with Crippen molar-refractivity contribution in [2.24, 2.45) is 5.92 Å². The van der Waals surface area contributed by atoms with Crippen molar-refractivity contribution < 1.29 is 28.7 Å². The summed E-state index contributed by atoms with van der Waals surface area (Å²) in [6, 6.07) is 17.7. The standard InChI is InChI=1S/C35H42N4O6S/c1-21-12-13-28(38-29-19-39(20-29)35(43)45-24(4)44-23(3)40)17-31(21)34(42)37-22(2)26-10-7-11-27(16-26)32-15-14-30(46-32)18-36-33(41)25-8-5-6-9-25/h7,10-17,22,24-25,29,38H,5-6,8-9,18-20H2,1-4H3,(H,36,41)(H,37,42)/t22-,24?/m1/s1. The summed E-state index contributed by atoms with van der Waals surface area (Å²) in [5.41, 5.74) is 4.27. The van der Waals surface area contributed by atoms with Gasteiger partial charge in [-0.25, -0.2) is 4.79 Å². The Morgan fingerprint density at radius 3 is 2.48 bits per heavy atom. The van der Waals surface area contributed by atoms with Crippen molar-refractivity contribution in [3.8, 4) is 10.4 Å². The molecule has 46 heavy (non-hydrogen) atoms. The highest BCUT2D eigenvalue weighted by molar-refractivity contribution is 7.15. The number of ether oxygens (including phenoxy) is 2. The zero-order valence-corrected chi connectivity index (χ0v) is 27.6. The van der Waals surface area contributed by atoms with Gasteiger partial charge in [-0.05, 0) is 73.7 Å². The van der Waals surface area contributed by atoms with Crippen molar-refractivity contribution in [3.63, 3.8) is 0 Å². The molecule has 3 aromatic rings. The Morgan fingerprint density at radius 1 is 0.978 bits per heavy atom. The number of hydrogen-bond donors (Lipinski definition) is 3. The molecule has 1 saturated heterocycles. The molecular formula is C35H42N4O6S. The van der Waals surface area contributed by atoms with Gasteiger partial charge in [-0.15, -0.1) is 11.3 Å². The van der Waals surface area contributed by atoms with Crippen LogP contribution in [0.25, 0.3) is 10.4 Å². The number of carbonyl (C=O) groups excluding carboxylic acids is 4. The van der Waals surface area contributed by atoms with Gasteiger partial charge in [0.2, 0.25) is 12.2 Å². The maximum absolute atomic E-state index is 13.4. The first-order chi connectivity index (χ1) is 22.0. The van der Waals surface area contributed by atoms with Crippen LogP contribution in [0, 0.1) is 12.8 Å². The molecule has 244 valence electrons. The number of rotatable bonds is 11. The fourth-order valence-electron chi connectivity index (χ4n) is 5.84. The molecule has 1 unspecified atom stereocenters. The maximum Gasteiger partial charge on any atom is 0.412 e. The number of thiophene rings is 1. The fraction of sp³-hybridized carbons (Fsp3) is 0.429. The minimum atomic E-state index is -0.949. The third kappa shape index (κ3) is 8.45. The van der Waals surface area contributed by atoms with Gasteiger partial charge in [0.25, 0.3) is 5.91 Å². The van der Waals surface area contributed by atoms with E-state index in [1.54, 1.807) is 11.3 Å². The lowest BCUT2D eigenvalue weighted by Crippen LogP contribution is -2.57. The van der Waals surface area contributed by atoms with E-state index in [1.165, 1.54) is 18.7 Å². The summed E-state index contributed by atoms with van der Waals surface area (Å²) in [4.78, 5) is 52.8. The number of likely N-dealkylation sites (tertiary alicyclic amines) is 1. The Bertz CT molecular complexity index is 1580. The molecule has 3 amide bonds. The van der Waals surface area contributed by atoms with Gasteiger partial charge in [0.05, 0.1) is 18.6 Å². The second-order valence-electron chi connectivity index (χ2n) is 12.1. The quantitative estimate of drug-likeness (QED) is 0.168. The molecule has 1 saturated carbocycles. The van der Waals surface area contributed by atoms with Gasteiger partial charge >= 0.3 is 12.1 Å². The lowest BCUT2D eigenvalue weighted by atomic mass is 10.0. The first kappa shape index (κ1) is 33.0. The molecule has 1 aliphatic heterocycles. The average molecular weight is 647 g/mol. The summed E-state index contributed by atoms with van der Waals surface area (Å²) in [6.07, 6.45) is 2.77. The number of amides is 3. The number of carbonyl (C=O) groups is 4. The van der Waals surface area contributed by atoms with Crippen LogP contribution < -0.4 is 16.0 Å². The topological polar surface area (TPSA) is 126 Å². The summed E-state index contributed by atoms with van der Waals surface area (Å²) in [5.74, 6) is -0.368. The maximum atomic E-state index is 13.4. The van der Waals surface area contributed by atoms with E-state index >= 15 is 0 Å². The number of nitrogens with zero attached hydrogens (tertiary/aromatic N) is 1. The van der Waals surface area contributed by atoms with Crippen LogP contribution in [-0.2, 0) is 25.6 Å². The second kappa shape index (κ2) is 14.8. The number of benzene rings is 2. The van der Waals surface area contributed by atoms with Gasteiger partial charge in [0, 0.05) is 53.9 Å². The number of anilines is 1. The van der Waals surface area contributed by atoms with Crippen molar-refractivity contribution in [3.05, 3.63) is 76.2 Å². The van der Waals surface area contributed by atoms with Gasteiger partial charge in [-0.2, -0.15) is 0 Å². The molecule has 5 rings (SSSR count). The SMILES string of the molecule is CC(=O)OC(C)OC(=O)N1CC(Nc2ccc(C)c(C(=O)N[C@H](C)c3cccc(-c4ccc(CNC(=O)C5CCCC5)s4)c3)c2)C1. The van der Waals surface area contributed by atoms with Crippen LogP contribution in [0.15, 0.2) is 54.6 Å². The molecule has 0 spiro atoms. The van der Waals surface area contributed by atoms with Crippen LogP contribution in [0.5, 0.6) is 0 Å². The summed E-state index contributed by atoms with van der Waals surface area (Å²) < 4.78 is 9.97. The Kier molecular flexibility index (Phi) is 10.6. The molecule has 2 aliphatic rings. The van der Waals surface area contributed by atoms with Crippen LogP contribution >= 0.6 is 11.3 Å². The number of esters is 1. The zero-order valence-electron chi connectivity index (χ0n) is 26.8. The Labute approximate surface area is 273 Å². The molecule has 0 radical (unpaired) electrons. The highest BCUT2D eigenvalue weighted by Crippen LogP contribution is 2.31. The lowest BCUT2D eigenvalue weighted by molar-refractivity contribution is -0.163. The van der Waals surface area contributed by atoms with E-state index < -0.39 is 18.4 Å². The predicted octanol–water partition coefficient (Wildman–Crippen LogP) is 6.16. The molecule has 10 nitrogen and oxygen atoms in total. The highest BCUT2D eigenvalue weighted by Gasteiger charge is 2.33. The predicted molar refractivity (Wildman–Crippen MR) is 177 cm³/mol. The summed E-state index contributed by atoms with van der Waals surface area (Å²) in [6.45, 7) is 8.02. The summed E-state index contributed by atoms with van der Waals surface area (Å²) >= 11 is 1.67. The molecule has 2 fully saturated rings.